The second-order valence-corrected chi connectivity index (χ2v) is 8.04. The Labute approximate surface area is 119 Å². The third-order valence-electron chi connectivity index (χ3n) is 4.44. The zero-order chi connectivity index (χ0) is 14.7. The van der Waals surface area contributed by atoms with Gasteiger partial charge >= 0.3 is 0 Å². The van der Waals surface area contributed by atoms with Crippen molar-refractivity contribution in [2.24, 2.45) is 5.41 Å². The van der Waals surface area contributed by atoms with Crippen molar-refractivity contribution in [3.8, 4) is 0 Å². The third kappa shape index (κ3) is 6.24. The fourth-order valence-corrected chi connectivity index (χ4v) is 2.50. The quantitative estimate of drug-likeness (QED) is 0.806. The Bertz CT molecular complexity index is 273. The molecule has 0 radical (unpaired) electrons. The molecule has 3 nitrogen and oxygen atoms in total. The van der Waals surface area contributed by atoms with E-state index in [0.717, 1.165) is 39.0 Å². The van der Waals surface area contributed by atoms with E-state index in [9.17, 15) is 5.11 Å². The molecular formula is C16H34N2O. The summed E-state index contributed by atoms with van der Waals surface area (Å²) < 4.78 is 0. The number of nitrogens with zero attached hydrogens (tertiary/aromatic N) is 1. The lowest BCUT2D eigenvalue weighted by Gasteiger charge is -2.41. The van der Waals surface area contributed by atoms with Crippen LogP contribution in [0.15, 0.2) is 0 Å². The van der Waals surface area contributed by atoms with Gasteiger partial charge in [-0.25, -0.2) is 0 Å². The summed E-state index contributed by atoms with van der Waals surface area (Å²) >= 11 is 0. The van der Waals surface area contributed by atoms with Crippen LogP contribution in [0.5, 0.6) is 0 Å². The number of hydrogen-bond donors (Lipinski definition) is 2. The molecule has 0 aromatic heterocycles. The van der Waals surface area contributed by atoms with E-state index in [1.165, 1.54) is 6.42 Å². The molecule has 0 aromatic carbocycles. The molecule has 0 bridgehead atoms. The Balaban J connectivity index is 2.47. The number of hydrogen-bond acceptors (Lipinski definition) is 3. The summed E-state index contributed by atoms with van der Waals surface area (Å²) in [5.74, 6) is 0. The topological polar surface area (TPSA) is 35.5 Å². The first-order chi connectivity index (χ1) is 8.55. The van der Waals surface area contributed by atoms with Crippen LogP contribution in [-0.2, 0) is 0 Å². The maximum absolute atomic E-state index is 10.0. The molecule has 1 saturated heterocycles. The molecule has 2 N–H and O–H groups in total. The number of aliphatic hydroxyl groups is 1. The normalized spacial score (nSPS) is 24.2. The van der Waals surface area contributed by atoms with Crippen LogP contribution in [0, 0.1) is 5.41 Å². The van der Waals surface area contributed by atoms with E-state index in [0.29, 0.717) is 5.41 Å². The van der Waals surface area contributed by atoms with Crippen molar-refractivity contribution in [2.45, 2.75) is 71.9 Å². The zero-order valence-electron chi connectivity index (χ0n) is 13.8. The average Bonchev–Trinajstić information content (AvgIpc) is 2.29. The van der Waals surface area contributed by atoms with Crippen LogP contribution in [0.4, 0.5) is 0 Å². The molecule has 3 heteroatoms. The van der Waals surface area contributed by atoms with Gasteiger partial charge in [-0.2, -0.15) is 0 Å². The third-order valence-corrected chi connectivity index (χ3v) is 4.44. The monoisotopic (exact) mass is 270 g/mol. The molecule has 1 rings (SSSR count). The smallest absolute Gasteiger partial charge is 0.0644 e. The molecule has 0 amide bonds. The van der Waals surface area contributed by atoms with Gasteiger partial charge in [0, 0.05) is 31.7 Å². The van der Waals surface area contributed by atoms with Crippen molar-refractivity contribution in [1.29, 1.82) is 0 Å². The van der Waals surface area contributed by atoms with Crippen molar-refractivity contribution in [1.82, 2.24) is 10.2 Å². The molecular weight excluding hydrogens is 236 g/mol. The molecule has 1 heterocycles. The van der Waals surface area contributed by atoms with Crippen molar-refractivity contribution in [3.05, 3.63) is 0 Å². The first kappa shape index (κ1) is 16.9. The summed E-state index contributed by atoms with van der Waals surface area (Å²) in [7, 11) is 0. The summed E-state index contributed by atoms with van der Waals surface area (Å²) in [6.07, 6.45) is 2.99. The number of rotatable bonds is 5. The predicted octanol–water partition coefficient (Wildman–Crippen LogP) is 2.64. The number of nitrogens with one attached hydrogen (secondary N) is 1. The highest BCUT2D eigenvalue weighted by Crippen LogP contribution is 2.27. The highest BCUT2D eigenvalue weighted by atomic mass is 16.3. The zero-order valence-corrected chi connectivity index (χ0v) is 13.8. The van der Waals surface area contributed by atoms with Crippen molar-refractivity contribution < 1.29 is 5.11 Å². The van der Waals surface area contributed by atoms with Gasteiger partial charge in [0.05, 0.1) is 5.60 Å². The minimum atomic E-state index is -0.442. The standard InChI is InChI=1S/C16H34N2O/c1-7-15(5,12-17-14(2,3)4)13-18-10-8-16(6,19)9-11-18/h17,19H,7-13H2,1-6H3. The first-order valence-corrected chi connectivity index (χ1v) is 7.75. The van der Waals surface area contributed by atoms with Crippen molar-refractivity contribution in [3.63, 3.8) is 0 Å². The van der Waals surface area contributed by atoms with E-state index >= 15 is 0 Å². The van der Waals surface area contributed by atoms with Gasteiger partial charge in [0.2, 0.25) is 0 Å². The van der Waals surface area contributed by atoms with Crippen LogP contribution in [0.25, 0.3) is 0 Å². The summed E-state index contributed by atoms with van der Waals surface area (Å²) in [6, 6.07) is 0. The molecule has 1 aliphatic heterocycles. The highest BCUT2D eigenvalue weighted by molar-refractivity contribution is 4.87. The van der Waals surface area contributed by atoms with Crippen LogP contribution in [0.2, 0.25) is 0 Å². The first-order valence-electron chi connectivity index (χ1n) is 7.75. The molecule has 19 heavy (non-hydrogen) atoms. The summed E-state index contributed by atoms with van der Waals surface area (Å²) in [5.41, 5.74) is 0.0568. The molecule has 1 fully saturated rings. The van der Waals surface area contributed by atoms with Crippen molar-refractivity contribution in [2.75, 3.05) is 26.2 Å². The lowest BCUT2D eigenvalue weighted by atomic mass is 9.84. The molecule has 114 valence electrons. The Morgan fingerprint density at radius 3 is 2.11 bits per heavy atom. The van der Waals surface area contributed by atoms with Crippen LogP contribution in [0.1, 0.15) is 60.8 Å². The molecule has 0 saturated carbocycles. The van der Waals surface area contributed by atoms with Crippen molar-refractivity contribution >= 4 is 0 Å². The molecule has 1 unspecified atom stereocenters. The van der Waals surface area contributed by atoms with E-state index in [-0.39, 0.29) is 5.54 Å². The van der Waals surface area contributed by atoms with Gasteiger partial charge in [-0.15, -0.1) is 0 Å². The highest BCUT2D eigenvalue weighted by Gasteiger charge is 2.32. The van der Waals surface area contributed by atoms with E-state index in [1.54, 1.807) is 0 Å². The lowest BCUT2D eigenvalue weighted by Crippen LogP contribution is -2.50. The minimum absolute atomic E-state index is 0.183. The molecule has 0 aliphatic carbocycles. The van der Waals surface area contributed by atoms with E-state index < -0.39 is 5.60 Å². The second kappa shape index (κ2) is 6.11. The van der Waals surface area contributed by atoms with Gasteiger partial charge in [-0.3, -0.25) is 0 Å². The summed E-state index contributed by atoms with van der Waals surface area (Å²) in [6.45, 7) is 17.5. The van der Waals surface area contributed by atoms with Crippen LogP contribution < -0.4 is 5.32 Å². The van der Waals surface area contributed by atoms with Crippen LogP contribution in [-0.4, -0.2) is 47.3 Å². The number of piperidine rings is 1. The Morgan fingerprint density at radius 2 is 1.68 bits per heavy atom. The summed E-state index contributed by atoms with van der Waals surface area (Å²) in [4.78, 5) is 2.52. The maximum atomic E-state index is 10.0. The Morgan fingerprint density at radius 1 is 1.16 bits per heavy atom. The molecule has 0 aromatic rings. The van der Waals surface area contributed by atoms with Gasteiger partial charge in [0.25, 0.3) is 0 Å². The lowest BCUT2D eigenvalue weighted by molar-refractivity contribution is -0.0153. The average molecular weight is 270 g/mol. The van der Waals surface area contributed by atoms with Crippen LogP contribution >= 0.6 is 0 Å². The van der Waals surface area contributed by atoms with Gasteiger partial charge in [-0.1, -0.05) is 13.8 Å². The minimum Gasteiger partial charge on any atom is -0.390 e. The fraction of sp³-hybridized carbons (Fsp3) is 1.00. The molecule has 0 spiro atoms. The Hall–Kier alpha value is -0.120. The predicted molar refractivity (Wildman–Crippen MR) is 82.5 cm³/mol. The number of likely N-dealkylation sites (tertiary alicyclic amines) is 1. The van der Waals surface area contributed by atoms with Gasteiger partial charge in [-0.05, 0) is 52.4 Å². The van der Waals surface area contributed by atoms with Gasteiger partial charge < -0.3 is 15.3 Å². The molecule has 1 aliphatic rings. The second-order valence-electron chi connectivity index (χ2n) is 8.04. The van der Waals surface area contributed by atoms with E-state index in [2.05, 4.69) is 44.8 Å². The maximum Gasteiger partial charge on any atom is 0.0644 e. The largest absolute Gasteiger partial charge is 0.390 e. The van der Waals surface area contributed by atoms with Gasteiger partial charge in [0.15, 0.2) is 0 Å². The summed E-state index contributed by atoms with van der Waals surface area (Å²) in [5, 5.41) is 13.7. The van der Waals surface area contributed by atoms with Crippen LogP contribution in [0.3, 0.4) is 0 Å². The SMILES string of the molecule is CCC(C)(CNC(C)(C)C)CN1CCC(C)(O)CC1. The molecule has 1 atom stereocenters. The van der Waals surface area contributed by atoms with E-state index in [1.807, 2.05) is 6.92 Å². The fourth-order valence-electron chi connectivity index (χ4n) is 2.50. The van der Waals surface area contributed by atoms with Gasteiger partial charge in [0.1, 0.15) is 0 Å². The Kier molecular flexibility index (Phi) is 5.44. The van der Waals surface area contributed by atoms with E-state index in [4.69, 9.17) is 0 Å².